The number of aromatic nitrogens is 2. The van der Waals surface area contributed by atoms with Crippen LogP contribution in [0.4, 0.5) is 0 Å². The molecule has 0 spiro atoms. The Balaban J connectivity index is 2.16. The second-order valence-corrected chi connectivity index (χ2v) is 5.11. The minimum Gasteiger partial charge on any atom is -0.469 e. The van der Waals surface area contributed by atoms with E-state index in [2.05, 4.69) is 20.3 Å². The van der Waals surface area contributed by atoms with Gasteiger partial charge in [-0.1, -0.05) is 13.3 Å². The molecule has 0 bridgehead atoms. The van der Waals surface area contributed by atoms with Crippen molar-refractivity contribution in [3.8, 4) is 0 Å². The second-order valence-electron chi connectivity index (χ2n) is 5.11. The lowest BCUT2D eigenvalue weighted by Crippen LogP contribution is -2.57. The number of nitrogens with zero attached hydrogens (tertiary/aromatic N) is 2. The van der Waals surface area contributed by atoms with Crippen molar-refractivity contribution >= 4 is 17.8 Å². The van der Waals surface area contributed by atoms with Gasteiger partial charge in [0.15, 0.2) is 0 Å². The number of carbonyl (C=O) groups is 3. The maximum Gasteiger partial charge on any atom is 0.308 e. The van der Waals surface area contributed by atoms with E-state index in [1.165, 1.54) is 12.0 Å². The van der Waals surface area contributed by atoms with Gasteiger partial charge in [-0.25, -0.2) is 0 Å². The molecule has 0 radical (unpaired) electrons. The van der Waals surface area contributed by atoms with Crippen LogP contribution in [0.15, 0.2) is 6.07 Å². The molecule has 0 unspecified atom stereocenters. The summed E-state index contributed by atoms with van der Waals surface area (Å²) in [6.07, 6.45) is 1.57. The van der Waals surface area contributed by atoms with Crippen LogP contribution in [0.2, 0.25) is 0 Å². The molecule has 0 saturated carbocycles. The van der Waals surface area contributed by atoms with E-state index in [9.17, 15) is 14.4 Å². The van der Waals surface area contributed by atoms with Gasteiger partial charge in [0.05, 0.1) is 13.5 Å². The molecule has 1 aliphatic rings. The summed E-state index contributed by atoms with van der Waals surface area (Å²) in [5.41, 5.74) is 1.13. The molecule has 8 heteroatoms. The summed E-state index contributed by atoms with van der Waals surface area (Å²) in [6, 6.07) is 0.827. The molecule has 8 nitrogen and oxygen atoms in total. The van der Waals surface area contributed by atoms with E-state index in [1.54, 1.807) is 6.07 Å². The monoisotopic (exact) mass is 308 g/mol. The summed E-state index contributed by atoms with van der Waals surface area (Å²) in [4.78, 5) is 37.3. The van der Waals surface area contributed by atoms with Crippen molar-refractivity contribution in [1.82, 2.24) is 20.4 Å². The molecular weight excluding hydrogens is 288 g/mol. The van der Waals surface area contributed by atoms with Gasteiger partial charge < -0.3 is 15.0 Å². The standard InChI is InChI=1S/C14H20N4O4/c1-3-4-9-7-10(17-16-9)14(21)18-6-5-15-13(20)11(18)8-12(19)22-2/h7,11H,3-6,8H2,1-2H3,(H,15,20)(H,16,17)/t11-/m1/s1. The summed E-state index contributed by atoms with van der Waals surface area (Å²) in [7, 11) is 1.25. The lowest BCUT2D eigenvalue weighted by molar-refractivity contribution is -0.145. The molecule has 120 valence electrons. The number of hydrogen-bond acceptors (Lipinski definition) is 5. The van der Waals surface area contributed by atoms with Gasteiger partial charge in [-0.2, -0.15) is 5.10 Å². The molecule has 2 rings (SSSR count). The molecule has 1 atom stereocenters. The first kappa shape index (κ1) is 16.0. The second kappa shape index (κ2) is 7.06. The van der Waals surface area contributed by atoms with Crippen molar-refractivity contribution < 1.29 is 19.1 Å². The number of hydrogen-bond donors (Lipinski definition) is 2. The highest BCUT2D eigenvalue weighted by Crippen LogP contribution is 2.14. The van der Waals surface area contributed by atoms with Gasteiger partial charge in [-0.15, -0.1) is 0 Å². The zero-order valence-corrected chi connectivity index (χ0v) is 12.7. The van der Waals surface area contributed by atoms with Gasteiger partial charge in [-0.3, -0.25) is 19.5 Å². The topological polar surface area (TPSA) is 104 Å². The third-order valence-corrected chi connectivity index (χ3v) is 3.55. The number of esters is 1. The van der Waals surface area contributed by atoms with E-state index in [1.807, 2.05) is 6.92 Å². The van der Waals surface area contributed by atoms with Crippen molar-refractivity contribution in [2.75, 3.05) is 20.2 Å². The Morgan fingerprint density at radius 1 is 1.50 bits per heavy atom. The van der Waals surface area contributed by atoms with Gasteiger partial charge >= 0.3 is 5.97 Å². The molecule has 2 N–H and O–H groups in total. The van der Waals surface area contributed by atoms with Crippen LogP contribution in [0.3, 0.4) is 0 Å². The molecule has 0 aromatic carbocycles. The van der Waals surface area contributed by atoms with Gasteiger partial charge in [0.25, 0.3) is 5.91 Å². The van der Waals surface area contributed by atoms with Crippen LogP contribution < -0.4 is 5.32 Å². The van der Waals surface area contributed by atoms with Crippen molar-refractivity contribution in [1.29, 1.82) is 0 Å². The van der Waals surface area contributed by atoms with Crippen molar-refractivity contribution in [3.63, 3.8) is 0 Å². The number of aromatic amines is 1. The van der Waals surface area contributed by atoms with Gasteiger partial charge in [0.1, 0.15) is 11.7 Å². The highest BCUT2D eigenvalue weighted by Gasteiger charge is 2.36. The predicted octanol–water partition coefficient (Wildman–Crippen LogP) is -0.134. The fourth-order valence-electron chi connectivity index (χ4n) is 2.42. The third-order valence-electron chi connectivity index (χ3n) is 3.55. The number of aryl methyl sites for hydroxylation is 1. The number of ether oxygens (including phenoxy) is 1. The number of piperazine rings is 1. The van der Waals surface area contributed by atoms with Gasteiger partial charge in [0, 0.05) is 18.8 Å². The number of H-pyrrole nitrogens is 1. The molecule has 1 aliphatic heterocycles. The van der Waals surface area contributed by atoms with Gasteiger partial charge in [-0.05, 0) is 12.5 Å². The van der Waals surface area contributed by atoms with E-state index in [4.69, 9.17) is 0 Å². The Morgan fingerprint density at radius 3 is 2.95 bits per heavy atom. The Morgan fingerprint density at radius 2 is 2.27 bits per heavy atom. The Hall–Kier alpha value is -2.38. The Kier molecular flexibility index (Phi) is 5.13. The minimum atomic E-state index is -0.861. The summed E-state index contributed by atoms with van der Waals surface area (Å²) in [6.45, 7) is 2.72. The number of carbonyl (C=O) groups excluding carboxylic acids is 3. The van der Waals surface area contributed by atoms with E-state index in [0.717, 1.165) is 18.5 Å². The third kappa shape index (κ3) is 3.44. The molecule has 22 heavy (non-hydrogen) atoms. The van der Waals surface area contributed by atoms with Crippen LogP contribution in [0.5, 0.6) is 0 Å². The fraction of sp³-hybridized carbons (Fsp3) is 0.571. The summed E-state index contributed by atoms with van der Waals surface area (Å²) < 4.78 is 4.59. The van der Waals surface area contributed by atoms with Crippen LogP contribution in [-0.4, -0.2) is 59.1 Å². The van der Waals surface area contributed by atoms with E-state index >= 15 is 0 Å². The van der Waals surface area contributed by atoms with Crippen LogP contribution in [0.25, 0.3) is 0 Å². The first-order chi connectivity index (χ1) is 10.6. The highest BCUT2D eigenvalue weighted by atomic mass is 16.5. The molecule has 1 saturated heterocycles. The summed E-state index contributed by atoms with van der Waals surface area (Å²) in [5.74, 6) is -1.25. The quantitative estimate of drug-likeness (QED) is 0.737. The molecular formula is C14H20N4O4. The van der Waals surface area contributed by atoms with Crippen molar-refractivity contribution in [2.24, 2.45) is 0 Å². The Labute approximate surface area is 128 Å². The fourth-order valence-corrected chi connectivity index (χ4v) is 2.42. The normalized spacial score (nSPS) is 18.0. The number of amides is 2. The number of rotatable bonds is 5. The summed E-state index contributed by atoms with van der Waals surface area (Å²) in [5, 5.41) is 9.47. The summed E-state index contributed by atoms with van der Waals surface area (Å²) >= 11 is 0. The van der Waals surface area contributed by atoms with Gasteiger partial charge in [0.2, 0.25) is 5.91 Å². The van der Waals surface area contributed by atoms with E-state index in [-0.39, 0.29) is 23.9 Å². The maximum absolute atomic E-state index is 12.6. The van der Waals surface area contributed by atoms with Crippen LogP contribution in [-0.2, 0) is 20.7 Å². The largest absolute Gasteiger partial charge is 0.469 e. The van der Waals surface area contributed by atoms with Crippen LogP contribution >= 0.6 is 0 Å². The van der Waals surface area contributed by atoms with Crippen molar-refractivity contribution in [3.05, 3.63) is 17.5 Å². The van der Waals surface area contributed by atoms with Crippen LogP contribution in [0, 0.1) is 0 Å². The zero-order chi connectivity index (χ0) is 16.1. The average Bonchev–Trinajstić information content (AvgIpc) is 2.97. The molecule has 0 aliphatic carbocycles. The lowest BCUT2D eigenvalue weighted by Gasteiger charge is -2.33. The Bertz CT molecular complexity index is 569. The lowest BCUT2D eigenvalue weighted by atomic mass is 10.1. The minimum absolute atomic E-state index is 0.166. The number of nitrogens with one attached hydrogen (secondary N) is 2. The maximum atomic E-state index is 12.6. The van der Waals surface area contributed by atoms with E-state index < -0.39 is 12.0 Å². The van der Waals surface area contributed by atoms with E-state index in [0.29, 0.717) is 13.1 Å². The molecule has 2 amide bonds. The average molecular weight is 308 g/mol. The molecule has 1 aromatic rings. The SMILES string of the molecule is CCCc1cc(C(=O)N2CCNC(=O)[C@H]2CC(=O)OC)n[nH]1. The highest BCUT2D eigenvalue weighted by molar-refractivity contribution is 5.98. The smallest absolute Gasteiger partial charge is 0.308 e. The molecule has 2 heterocycles. The number of methoxy groups -OCH3 is 1. The van der Waals surface area contributed by atoms with Crippen molar-refractivity contribution in [2.45, 2.75) is 32.2 Å². The first-order valence-corrected chi connectivity index (χ1v) is 7.26. The molecule has 1 fully saturated rings. The van der Waals surface area contributed by atoms with Crippen LogP contribution in [0.1, 0.15) is 35.9 Å². The zero-order valence-electron chi connectivity index (χ0n) is 12.7. The first-order valence-electron chi connectivity index (χ1n) is 7.26. The molecule has 1 aromatic heterocycles. The predicted molar refractivity (Wildman–Crippen MR) is 77.0 cm³/mol.